The highest BCUT2D eigenvalue weighted by molar-refractivity contribution is 7.98. The van der Waals surface area contributed by atoms with Gasteiger partial charge in [0.1, 0.15) is 0 Å². The lowest BCUT2D eigenvalue weighted by molar-refractivity contribution is 0.274. The summed E-state index contributed by atoms with van der Waals surface area (Å²) in [6, 6.07) is 1.64. The highest BCUT2D eigenvalue weighted by atomic mass is 32.2. The summed E-state index contributed by atoms with van der Waals surface area (Å²) in [5.74, 6) is 1.29. The predicted molar refractivity (Wildman–Crippen MR) is 59.4 cm³/mol. The van der Waals surface area contributed by atoms with Gasteiger partial charge in [-0.25, -0.2) is 0 Å². The summed E-state index contributed by atoms with van der Waals surface area (Å²) >= 11 is 1.96. The summed E-state index contributed by atoms with van der Waals surface area (Å²) in [6.45, 7) is 3.89. The average Bonchev–Trinajstić information content (AvgIpc) is 2.45. The molecule has 0 radical (unpaired) electrons. The van der Waals surface area contributed by atoms with E-state index in [0.29, 0.717) is 0 Å². The molecule has 1 N–H and O–H groups in total. The van der Waals surface area contributed by atoms with Crippen LogP contribution in [0.15, 0.2) is 0 Å². The van der Waals surface area contributed by atoms with Crippen LogP contribution >= 0.6 is 11.8 Å². The first-order valence-electron chi connectivity index (χ1n) is 5.36. The number of rotatable bonds is 3. The summed E-state index contributed by atoms with van der Waals surface area (Å²) in [6.07, 6.45) is 6.38. The van der Waals surface area contributed by atoms with Crippen LogP contribution in [0.4, 0.5) is 0 Å². The molecule has 0 saturated carbocycles. The Morgan fingerprint density at radius 2 is 2.15 bits per heavy atom. The summed E-state index contributed by atoms with van der Waals surface area (Å²) in [7, 11) is 0. The van der Waals surface area contributed by atoms with E-state index in [9.17, 15) is 0 Å². The summed E-state index contributed by atoms with van der Waals surface area (Å²) in [4.78, 5) is 2.63. The fraction of sp³-hybridized carbons (Fsp3) is 1.00. The fourth-order valence-corrected chi connectivity index (χ4v) is 2.88. The van der Waals surface area contributed by atoms with Crippen molar-refractivity contribution in [2.24, 2.45) is 0 Å². The third-order valence-electron chi connectivity index (χ3n) is 3.22. The van der Waals surface area contributed by atoms with E-state index in [4.69, 9.17) is 0 Å². The quantitative estimate of drug-likeness (QED) is 0.736. The third kappa shape index (κ3) is 2.61. The van der Waals surface area contributed by atoms with Gasteiger partial charge in [-0.2, -0.15) is 11.8 Å². The molecule has 0 aromatic rings. The molecule has 0 aliphatic carbocycles. The van der Waals surface area contributed by atoms with E-state index in [1.54, 1.807) is 0 Å². The molecule has 2 saturated heterocycles. The highest BCUT2D eigenvalue weighted by Crippen LogP contribution is 2.20. The van der Waals surface area contributed by atoms with E-state index in [-0.39, 0.29) is 0 Å². The van der Waals surface area contributed by atoms with E-state index in [1.165, 1.54) is 44.6 Å². The Morgan fingerprint density at radius 3 is 3.00 bits per heavy atom. The van der Waals surface area contributed by atoms with Gasteiger partial charge in [0.25, 0.3) is 0 Å². The molecule has 2 heterocycles. The van der Waals surface area contributed by atoms with Crippen molar-refractivity contribution in [1.29, 1.82) is 0 Å². The van der Waals surface area contributed by atoms with Crippen molar-refractivity contribution in [1.82, 2.24) is 10.2 Å². The van der Waals surface area contributed by atoms with Crippen LogP contribution in [0.3, 0.4) is 0 Å². The van der Waals surface area contributed by atoms with E-state index in [0.717, 1.165) is 12.1 Å². The van der Waals surface area contributed by atoms with Crippen molar-refractivity contribution < 1.29 is 0 Å². The van der Waals surface area contributed by atoms with Gasteiger partial charge < -0.3 is 10.2 Å². The second-order valence-corrected chi connectivity index (χ2v) is 5.21. The van der Waals surface area contributed by atoms with Gasteiger partial charge in [0.2, 0.25) is 0 Å². The summed E-state index contributed by atoms with van der Waals surface area (Å²) in [5.41, 5.74) is 0. The van der Waals surface area contributed by atoms with Gasteiger partial charge >= 0.3 is 0 Å². The first-order chi connectivity index (χ1) is 6.38. The van der Waals surface area contributed by atoms with Crippen molar-refractivity contribution >= 4 is 11.8 Å². The van der Waals surface area contributed by atoms with Gasteiger partial charge in [0, 0.05) is 30.9 Å². The molecule has 2 nitrogen and oxygen atoms in total. The Balaban J connectivity index is 1.79. The Bertz CT molecular complexity index is 163. The monoisotopic (exact) mass is 200 g/mol. The van der Waals surface area contributed by atoms with E-state index >= 15 is 0 Å². The number of likely N-dealkylation sites (tertiary alicyclic amines) is 1. The number of thioether (sulfide) groups is 1. The maximum Gasteiger partial charge on any atom is 0.0198 e. The minimum atomic E-state index is 0.800. The van der Waals surface area contributed by atoms with Crippen LogP contribution in [-0.2, 0) is 0 Å². The number of hydrogen-bond acceptors (Lipinski definition) is 3. The number of nitrogens with zero attached hydrogens (tertiary/aromatic N) is 1. The van der Waals surface area contributed by atoms with Gasteiger partial charge in [0.05, 0.1) is 0 Å². The van der Waals surface area contributed by atoms with Crippen LogP contribution < -0.4 is 5.32 Å². The molecule has 13 heavy (non-hydrogen) atoms. The number of fused-ring (bicyclic) bond motifs is 2. The van der Waals surface area contributed by atoms with Crippen molar-refractivity contribution in [2.45, 2.75) is 31.3 Å². The zero-order valence-corrected chi connectivity index (χ0v) is 9.28. The largest absolute Gasteiger partial charge is 0.310 e. The Labute approximate surface area is 85.4 Å². The molecule has 2 unspecified atom stereocenters. The van der Waals surface area contributed by atoms with Gasteiger partial charge in [-0.15, -0.1) is 0 Å². The molecule has 0 aromatic heterocycles. The fourth-order valence-electron chi connectivity index (χ4n) is 2.44. The van der Waals surface area contributed by atoms with E-state index in [2.05, 4.69) is 16.5 Å². The molecule has 0 amide bonds. The predicted octanol–water partition coefficient (Wildman–Crippen LogP) is 1.18. The minimum absolute atomic E-state index is 0.800. The summed E-state index contributed by atoms with van der Waals surface area (Å²) in [5, 5.41) is 3.71. The molecule has 2 fully saturated rings. The highest BCUT2D eigenvalue weighted by Gasteiger charge is 2.28. The molecule has 76 valence electrons. The molecule has 2 bridgehead atoms. The lowest BCUT2D eigenvalue weighted by Crippen LogP contribution is -2.36. The van der Waals surface area contributed by atoms with Crippen LogP contribution in [0.1, 0.15) is 19.3 Å². The molecule has 0 aromatic carbocycles. The van der Waals surface area contributed by atoms with Gasteiger partial charge in [-0.05, 0) is 32.1 Å². The van der Waals surface area contributed by atoms with Crippen molar-refractivity contribution in [2.75, 3.05) is 31.6 Å². The van der Waals surface area contributed by atoms with E-state index in [1.807, 2.05) is 11.8 Å². The second kappa shape index (κ2) is 4.67. The molecule has 2 rings (SSSR count). The first-order valence-corrected chi connectivity index (χ1v) is 6.75. The number of nitrogens with one attached hydrogen (secondary N) is 1. The summed E-state index contributed by atoms with van der Waals surface area (Å²) < 4.78 is 0. The zero-order chi connectivity index (χ0) is 9.10. The van der Waals surface area contributed by atoms with Crippen molar-refractivity contribution in [3.05, 3.63) is 0 Å². The SMILES string of the molecule is CSCCN1CCC2CCC(C1)N2. The topological polar surface area (TPSA) is 15.3 Å². The third-order valence-corrected chi connectivity index (χ3v) is 3.81. The molecule has 0 spiro atoms. The number of hydrogen-bond donors (Lipinski definition) is 1. The van der Waals surface area contributed by atoms with E-state index < -0.39 is 0 Å². The van der Waals surface area contributed by atoms with Gasteiger partial charge in [0.15, 0.2) is 0 Å². The molecule has 3 heteroatoms. The molecule has 2 aliphatic rings. The normalized spacial score (nSPS) is 34.8. The van der Waals surface area contributed by atoms with Crippen LogP contribution in [0.5, 0.6) is 0 Å². The Kier molecular flexibility index (Phi) is 3.52. The van der Waals surface area contributed by atoms with Gasteiger partial charge in [-0.3, -0.25) is 0 Å². The first kappa shape index (κ1) is 9.81. The molecular weight excluding hydrogens is 180 g/mol. The smallest absolute Gasteiger partial charge is 0.0198 e. The van der Waals surface area contributed by atoms with Crippen LogP contribution in [0.25, 0.3) is 0 Å². The maximum absolute atomic E-state index is 3.71. The van der Waals surface area contributed by atoms with Crippen LogP contribution in [0.2, 0.25) is 0 Å². The lowest BCUT2D eigenvalue weighted by Gasteiger charge is -2.23. The van der Waals surface area contributed by atoms with Gasteiger partial charge in [-0.1, -0.05) is 0 Å². The Morgan fingerprint density at radius 1 is 1.31 bits per heavy atom. The van der Waals surface area contributed by atoms with Crippen molar-refractivity contribution in [3.8, 4) is 0 Å². The standard InChI is InChI=1S/C10H20N2S/c1-13-7-6-12-5-4-9-2-3-10(8-12)11-9/h9-11H,2-8H2,1H3. The average molecular weight is 200 g/mol. The Hall–Kier alpha value is 0.270. The zero-order valence-electron chi connectivity index (χ0n) is 8.46. The molecular formula is C10H20N2S. The van der Waals surface area contributed by atoms with Crippen LogP contribution in [-0.4, -0.2) is 48.6 Å². The van der Waals surface area contributed by atoms with Crippen molar-refractivity contribution in [3.63, 3.8) is 0 Å². The molecule has 2 aliphatic heterocycles. The molecule has 2 atom stereocenters. The lowest BCUT2D eigenvalue weighted by atomic mass is 10.1. The minimum Gasteiger partial charge on any atom is -0.310 e. The van der Waals surface area contributed by atoms with Crippen LogP contribution in [0, 0.1) is 0 Å². The maximum atomic E-state index is 3.71. The second-order valence-electron chi connectivity index (χ2n) is 4.22.